The van der Waals surface area contributed by atoms with E-state index < -0.39 is 0 Å². The first-order chi connectivity index (χ1) is 7.75. The number of hydrogen-bond acceptors (Lipinski definition) is 4. The van der Waals surface area contributed by atoms with Crippen LogP contribution in [0.15, 0.2) is 10.7 Å². The summed E-state index contributed by atoms with van der Waals surface area (Å²) < 4.78 is 10.1. The number of carbonyl (C=O) groups excluding carboxylic acids is 1. The van der Waals surface area contributed by atoms with E-state index in [0.29, 0.717) is 31.1 Å². The molecule has 6 heteroatoms. The fourth-order valence-corrected chi connectivity index (χ4v) is 1.37. The van der Waals surface area contributed by atoms with Gasteiger partial charge in [0.1, 0.15) is 11.3 Å². The number of nitrogens with one attached hydrogen (secondary N) is 1. The Morgan fingerprint density at radius 2 is 2.44 bits per heavy atom. The van der Waals surface area contributed by atoms with Crippen molar-refractivity contribution in [1.82, 2.24) is 10.5 Å². The van der Waals surface area contributed by atoms with Crippen molar-refractivity contribution in [3.63, 3.8) is 0 Å². The lowest BCUT2D eigenvalue weighted by Gasteiger charge is -2.04. The van der Waals surface area contributed by atoms with E-state index in [9.17, 15) is 4.79 Å². The molecule has 0 radical (unpaired) electrons. The second-order valence-electron chi connectivity index (χ2n) is 3.21. The van der Waals surface area contributed by atoms with Crippen molar-refractivity contribution in [2.45, 2.75) is 13.3 Å². The molecule has 0 fully saturated rings. The molecule has 1 rings (SSSR count). The standard InChI is InChI=1S/C10H15BrN2O3/c1-8-9(7-13-16-8)10(14)12-4-2-5-15-6-3-11/h7H,2-6H2,1H3,(H,12,14). The lowest BCUT2D eigenvalue weighted by molar-refractivity contribution is 0.0943. The van der Waals surface area contributed by atoms with E-state index >= 15 is 0 Å². The molecule has 1 aromatic heterocycles. The number of nitrogens with zero attached hydrogens (tertiary/aromatic N) is 1. The molecule has 90 valence electrons. The van der Waals surface area contributed by atoms with Gasteiger partial charge in [0.05, 0.1) is 12.8 Å². The van der Waals surface area contributed by atoms with Crippen LogP contribution in [0.3, 0.4) is 0 Å². The first kappa shape index (κ1) is 13.2. The second kappa shape index (κ2) is 7.40. The van der Waals surface area contributed by atoms with Gasteiger partial charge in [0.25, 0.3) is 5.91 Å². The number of carbonyl (C=O) groups is 1. The smallest absolute Gasteiger partial charge is 0.256 e. The van der Waals surface area contributed by atoms with Gasteiger partial charge in [-0.3, -0.25) is 4.79 Å². The number of halogens is 1. The molecular weight excluding hydrogens is 276 g/mol. The van der Waals surface area contributed by atoms with Crippen LogP contribution in [0.2, 0.25) is 0 Å². The molecule has 0 aliphatic rings. The number of amides is 1. The third-order valence-corrected chi connectivity index (χ3v) is 2.29. The van der Waals surface area contributed by atoms with E-state index in [1.165, 1.54) is 6.20 Å². The molecule has 0 spiro atoms. The van der Waals surface area contributed by atoms with Gasteiger partial charge < -0.3 is 14.6 Å². The maximum atomic E-state index is 11.6. The van der Waals surface area contributed by atoms with Crippen LogP contribution < -0.4 is 5.32 Å². The summed E-state index contributed by atoms with van der Waals surface area (Å²) >= 11 is 3.26. The monoisotopic (exact) mass is 290 g/mol. The largest absolute Gasteiger partial charge is 0.381 e. The summed E-state index contributed by atoms with van der Waals surface area (Å²) in [6.07, 6.45) is 2.22. The quantitative estimate of drug-likeness (QED) is 0.611. The van der Waals surface area contributed by atoms with Crippen LogP contribution in [0.4, 0.5) is 0 Å². The summed E-state index contributed by atoms with van der Waals surface area (Å²) in [5.74, 6) is 0.382. The molecule has 1 heterocycles. The highest BCUT2D eigenvalue weighted by atomic mass is 79.9. The Labute approximate surface area is 103 Å². The lowest BCUT2D eigenvalue weighted by atomic mass is 10.2. The van der Waals surface area contributed by atoms with E-state index in [1.54, 1.807) is 6.92 Å². The normalized spacial score (nSPS) is 10.4. The summed E-state index contributed by atoms with van der Waals surface area (Å²) in [5.41, 5.74) is 0.487. The number of rotatable bonds is 7. The van der Waals surface area contributed by atoms with Crippen molar-refractivity contribution >= 4 is 21.8 Å². The van der Waals surface area contributed by atoms with Crippen molar-refractivity contribution in [3.05, 3.63) is 17.5 Å². The second-order valence-corrected chi connectivity index (χ2v) is 4.00. The van der Waals surface area contributed by atoms with Crippen molar-refractivity contribution in [3.8, 4) is 0 Å². The third-order valence-electron chi connectivity index (χ3n) is 1.97. The molecule has 5 nitrogen and oxygen atoms in total. The highest BCUT2D eigenvalue weighted by Crippen LogP contribution is 2.04. The molecule has 0 saturated heterocycles. The van der Waals surface area contributed by atoms with Crippen LogP contribution >= 0.6 is 15.9 Å². The van der Waals surface area contributed by atoms with Crippen molar-refractivity contribution in [2.75, 3.05) is 25.1 Å². The molecule has 1 N–H and O–H groups in total. The molecule has 16 heavy (non-hydrogen) atoms. The molecule has 0 unspecified atom stereocenters. The van der Waals surface area contributed by atoms with Crippen LogP contribution in [0, 0.1) is 6.92 Å². The maximum Gasteiger partial charge on any atom is 0.256 e. The maximum absolute atomic E-state index is 11.6. The zero-order chi connectivity index (χ0) is 11.8. The van der Waals surface area contributed by atoms with Crippen LogP contribution in [0.25, 0.3) is 0 Å². The molecule has 1 aromatic rings. The van der Waals surface area contributed by atoms with Gasteiger partial charge in [-0.1, -0.05) is 21.1 Å². The number of aryl methyl sites for hydroxylation is 1. The van der Waals surface area contributed by atoms with Crippen LogP contribution in [-0.4, -0.2) is 36.2 Å². The van der Waals surface area contributed by atoms with Gasteiger partial charge in [-0.25, -0.2) is 0 Å². The minimum absolute atomic E-state index is 0.153. The van der Waals surface area contributed by atoms with Crippen molar-refractivity contribution in [2.24, 2.45) is 0 Å². The zero-order valence-electron chi connectivity index (χ0n) is 9.16. The molecule has 0 bridgehead atoms. The predicted molar refractivity (Wildman–Crippen MR) is 62.8 cm³/mol. The van der Waals surface area contributed by atoms with E-state index in [0.717, 1.165) is 11.8 Å². The number of ether oxygens (including phenoxy) is 1. The summed E-state index contributed by atoms with van der Waals surface area (Å²) in [5, 5.41) is 7.15. The van der Waals surface area contributed by atoms with Crippen LogP contribution in [0.1, 0.15) is 22.5 Å². The van der Waals surface area contributed by atoms with E-state index in [1.807, 2.05) is 0 Å². The van der Waals surface area contributed by atoms with Crippen LogP contribution in [0.5, 0.6) is 0 Å². The fraction of sp³-hybridized carbons (Fsp3) is 0.600. The third kappa shape index (κ3) is 4.32. The van der Waals surface area contributed by atoms with Gasteiger partial charge in [-0.2, -0.15) is 0 Å². The minimum atomic E-state index is -0.153. The van der Waals surface area contributed by atoms with Gasteiger partial charge in [-0.15, -0.1) is 0 Å². The highest BCUT2D eigenvalue weighted by Gasteiger charge is 2.11. The SMILES string of the molecule is Cc1oncc1C(=O)NCCCOCCBr. The number of hydrogen-bond donors (Lipinski definition) is 1. The average Bonchev–Trinajstić information content (AvgIpc) is 2.69. The molecule has 1 amide bonds. The Hall–Kier alpha value is -0.880. The van der Waals surface area contributed by atoms with Crippen molar-refractivity contribution in [1.29, 1.82) is 0 Å². The predicted octanol–water partition coefficient (Wildman–Crippen LogP) is 1.51. The van der Waals surface area contributed by atoms with Gasteiger partial charge in [0.2, 0.25) is 0 Å². The number of aromatic nitrogens is 1. The molecule has 0 aliphatic carbocycles. The summed E-state index contributed by atoms with van der Waals surface area (Å²) in [6.45, 7) is 3.64. The highest BCUT2D eigenvalue weighted by molar-refractivity contribution is 9.09. The zero-order valence-corrected chi connectivity index (χ0v) is 10.7. The van der Waals surface area contributed by atoms with Gasteiger partial charge >= 0.3 is 0 Å². The number of alkyl halides is 1. The van der Waals surface area contributed by atoms with Gasteiger partial charge in [0, 0.05) is 18.5 Å². The Morgan fingerprint density at radius 1 is 1.62 bits per heavy atom. The summed E-state index contributed by atoms with van der Waals surface area (Å²) in [4.78, 5) is 11.6. The summed E-state index contributed by atoms with van der Waals surface area (Å²) in [6, 6.07) is 0. The van der Waals surface area contributed by atoms with E-state index in [-0.39, 0.29) is 5.91 Å². The minimum Gasteiger partial charge on any atom is -0.381 e. The van der Waals surface area contributed by atoms with Gasteiger partial charge in [0.15, 0.2) is 0 Å². The molecule has 0 aromatic carbocycles. The lowest BCUT2D eigenvalue weighted by Crippen LogP contribution is -2.25. The Balaban J connectivity index is 2.14. The Kier molecular flexibility index (Phi) is 6.10. The fourth-order valence-electron chi connectivity index (χ4n) is 1.14. The van der Waals surface area contributed by atoms with Crippen molar-refractivity contribution < 1.29 is 14.1 Å². The molecular formula is C10H15BrN2O3. The Morgan fingerprint density at radius 3 is 3.06 bits per heavy atom. The topological polar surface area (TPSA) is 64.4 Å². The molecule has 0 aliphatic heterocycles. The van der Waals surface area contributed by atoms with E-state index in [2.05, 4.69) is 26.4 Å². The van der Waals surface area contributed by atoms with Gasteiger partial charge in [-0.05, 0) is 13.3 Å². The van der Waals surface area contributed by atoms with Crippen LogP contribution in [-0.2, 0) is 4.74 Å². The molecule has 0 saturated carbocycles. The Bertz CT molecular complexity index is 328. The first-order valence-electron chi connectivity index (χ1n) is 5.09. The average molecular weight is 291 g/mol. The first-order valence-corrected chi connectivity index (χ1v) is 6.21. The molecule has 0 atom stereocenters. The summed E-state index contributed by atoms with van der Waals surface area (Å²) in [7, 11) is 0. The van der Waals surface area contributed by atoms with E-state index in [4.69, 9.17) is 9.26 Å².